The Morgan fingerprint density at radius 1 is 0.317 bits per heavy atom. The standard InChI is InChI=1S/2C18H36O2.Pd/c2*1-2-3-4-5-6-7-8-9-10-11-12-13-14-15-16-17-18(19)20;/h2*2-17H2,1H3,(H,19,20);. The molecule has 0 unspecified atom stereocenters. The normalized spacial score (nSPS) is 10.6. The van der Waals surface area contributed by atoms with Crippen molar-refractivity contribution in [1.29, 1.82) is 0 Å². The molecule has 0 aromatic heterocycles. The molecule has 0 fully saturated rings. The van der Waals surface area contributed by atoms with Gasteiger partial charge < -0.3 is 10.2 Å². The van der Waals surface area contributed by atoms with Crippen molar-refractivity contribution in [1.82, 2.24) is 0 Å². The molecule has 0 aliphatic rings. The Labute approximate surface area is 270 Å². The second-order valence-corrected chi connectivity index (χ2v) is 12.2. The minimum Gasteiger partial charge on any atom is -0.481 e. The van der Waals surface area contributed by atoms with Crippen molar-refractivity contribution in [2.45, 2.75) is 219 Å². The zero-order chi connectivity index (χ0) is 29.8. The fourth-order valence-electron chi connectivity index (χ4n) is 5.30. The van der Waals surface area contributed by atoms with Gasteiger partial charge in [0.25, 0.3) is 0 Å². The first kappa shape index (κ1) is 45.0. The molecule has 0 saturated heterocycles. The number of carboxylic acids is 2. The number of rotatable bonds is 32. The van der Waals surface area contributed by atoms with Crippen LogP contribution < -0.4 is 0 Å². The van der Waals surface area contributed by atoms with E-state index in [2.05, 4.69) is 13.8 Å². The maximum Gasteiger partial charge on any atom is 0.303 e. The number of aliphatic carboxylic acids is 2. The molecule has 41 heavy (non-hydrogen) atoms. The van der Waals surface area contributed by atoms with Gasteiger partial charge in [0.05, 0.1) is 0 Å². The summed E-state index contributed by atoms with van der Waals surface area (Å²) in [6.07, 6.45) is 40.4. The topological polar surface area (TPSA) is 74.6 Å². The van der Waals surface area contributed by atoms with Crippen LogP contribution in [0.25, 0.3) is 0 Å². The Balaban J connectivity index is -0.000000688. The van der Waals surface area contributed by atoms with Gasteiger partial charge in [-0.2, -0.15) is 0 Å². The molecule has 0 atom stereocenters. The van der Waals surface area contributed by atoms with Gasteiger partial charge >= 0.3 is 11.9 Å². The van der Waals surface area contributed by atoms with Crippen LogP contribution in [-0.2, 0) is 30.0 Å². The van der Waals surface area contributed by atoms with Gasteiger partial charge in [-0.1, -0.05) is 194 Å². The van der Waals surface area contributed by atoms with Gasteiger partial charge in [-0.3, -0.25) is 9.59 Å². The predicted molar refractivity (Wildman–Crippen MR) is 174 cm³/mol. The third-order valence-corrected chi connectivity index (χ3v) is 7.99. The van der Waals surface area contributed by atoms with Crippen LogP contribution in [0.4, 0.5) is 0 Å². The van der Waals surface area contributed by atoms with Crippen LogP contribution in [0.5, 0.6) is 0 Å². The second-order valence-electron chi connectivity index (χ2n) is 12.2. The van der Waals surface area contributed by atoms with Crippen molar-refractivity contribution in [2.75, 3.05) is 0 Å². The largest absolute Gasteiger partial charge is 0.481 e. The van der Waals surface area contributed by atoms with Crippen molar-refractivity contribution in [2.24, 2.45) is 0 Å². The molecule has 250 valence electrons. The number of carboxylic acid groups (broad SMARTS) is 2. The van der Waals surface area contributed by atoms with E-state index < -0.39 is 11.9 Å². The number of hydrogen-bond donors (Lipinski definition) is 2. The molecule has 0 saturated carbocycles. The molecule has 0 amide bonds. The van der Waals surface area contributed by atoms with Crippen molar-refractivity contribution >= 4 is 11.9 Å². The average molecular weight is 675 g/mol. The first-order valence-corrected chi connectivity index (χ1v) is 18.0. The molecule has 5 heteroatoms. The molecule has 0 spiro atoms. The summed E-state index contributed by atoms with van der Waals surface area (Å²) in [5, 5.41) is 17.0. The number of hydrogen-bond acceptors (Lipinski definition) is 2. The fraction of sp³-hybridized carbons (Fsp3) is 0.944. The van der Waals surface area contributed by atoms with Crippen LogP contribution in [0.3, 0.4) is 0 Å². The first-order chi connectivity index (χ1) is 19.5. The maximum atomic E-state index is 10.3. The third-order valence-electron chi connectivity index (χ3n) is 7.99. The predicted octanol–water partition coefficient (Wildman–Crippen LogP) is 12.7. The van der Waals surface area contributed by atoms with Gasteiger partial charge in [0.1, 0.15) is 0 Å². The minimum absolute atomic E-state index is 0. The molecule has 4 nitrogen and oxygen atoms in total. The molecule has 0 aliphatic heterocycles. The van der Waals surface area contributed by atoms with Gasteiger partial charge in [0, 0.05) is 33.3 Å². The fourth-order valence-corrected chi connectivity index (χ4v) is 5.30. The summed E-state index contributed by atoms with van der Waals surface area (Å²) in [6.45, 7) is 4.54. The maximum absolute atomic E-state index is 10.3. The van der Waals surface area contributed by atoms with E-state index >= 15 is 0 Å². The zero-order valence-electron chi connectivity index (χ0n) is 27.7. The Morgan fingerprint density at radius 3 is 0.610 bits per heavy atom. The smallest absolute Gasteiger partial charge is 0.303 e. The zero-order valence-corrected chi connectivity index (χ0v) is 29.2. The van der Waals surface area contributed by atoms with E-state index in [4.69, 9.17) is 10.2 Å². The third kappa shape index (κ3) is 49.6. The Kier molecular flexibility index (Phi) is 45.8. The van der Waals surface area contributed by atoms with E-state index in [0.29, 0.717) is 12.8 Å². The van der Waals surface area contributed by atoms with Crippen molar-refractivity contribution in [3.05, 3.63) is 0 Å². The minimum atomic E-state index is -0.653. The van der Waals surface area contributed by atoms with Gasteiger partial charge in [-0.15, -0.1) is 0 Å². The summed E-state index contributed by atoms with van der Waals surface area (Å²) in [7, 11) is 0. The molecule has 0 bridgehead atoms. The first-order valence-electron chi connectivity index (χ1n) is 18.0. The Morgan fingerprint density at radius 2 is 0.463 bits per heavy atom. The monoisotopic (exact) mass is 674 g/mol. The summed E-state index contributed by atoms with van der Waals surface area (Å²) in [5.41, 5.74) is 0. The van der Waals surface area contributed by atoms with Crippen LogP contribution in [-0.4, -0.2) is 22.2 Å². The molecule has 0 aromatic carbocycles. The second kappa shape index (κ2) is 41.7. The quantitative estimate of drug-likeness (QED) is 0.0550. The van der Waals surface area contributed by atoms with Gasteiger partial charge in [-0.25, -0.2) is 0 Å². The van der Waals surface area contributed by atoms with E-state index in [-0.39, 0.29) is 20.4 Å². The molecular weight excluding hydrogens is 603 g/mol. The van der Waals surface area contributed by atoms with Gasteiger partial charge in [0.2, 0.25) is 0 Å². The molecular formula is C36H72O4Pd. The van der Waals surface area contributed by atoms with E-state index in [0.717, 1.165) is 25.7 Å². The Hall–Kier alpha value is -0.398. The van der Waals surface area contributed by atoms with Crippen molar-refractivity contribution in [3.63, 3.8) is 0 Å². The summed E-state index contributed by atoms with van der Waals surface area (Å²) in [5.74, 6) is -1.31. The summed E-state index contributed by atoms with van der Waals surface area (Å²) < 4.78 is 0. The van der Waals surface area contributed by atoms with Gasteiger partial charge in [0.15, 0.2) is 0 Å². The van der Waals surface area contributed by atoms with Crippen LogP contribution >= 0.6 is 0 Å². The van der Waals surface area contributed by atoms with Crippen LogP contribution in [0, 0.1) is 0 Å². The summed E-state index contributed by atoms with van der Waals surface area (Å²) in [4.78, 5) is 20.7. The SMILES string of the molecule is CCCCCCCCCCCCCCCCCC(=O)O.CCCCCCCCCCCCCCCCCC(=O)O.[Pd]. The summed E-state index contributed by atoms with van der Waals surface area (Å²) in [6, 6.07) is 0. The average Bonchev–Trinajstić information content (AvgIpc) is 2.93. The van der Waals surface area contributed by atoms with E-state index in [1.165, 1.54) is 167 Å². The van der Waals surface area contributed by atoms with E-state index in [1.807, 2.05) is 0 Å². The van der Waals surface area contributed by atoms with Crippen molar-refractivity contribution < 1.29 is 40.2 Å². The van der Waals surface area contributed by atoms with Gasteiger partial charge in [-0.05, 0) is 12.8 Å². The van der Waals surface area contributed by atoms with E-state index in [1.54, 1.807) is 0 Å². The molecule has 0 heterocycles. The number of unbranched alkanes of at least 4 members (excludes halogenated alkanes) is 28. The Bertz CT molecular complexity index is 454. The van der Waals surface area contributed by atoms with Crippen LogP contribution in [0.2, 0.25) is 0 Å². The van der Waals surface area contributed by atoms with Crippen LogP contribution in [0.1, 0.15) is 219 Å². The molecule has 0 aliphatic carbocycles. The number of carbonyl (C=O) groups is 2. The summed E-state index contributed by atoms with van der Waals surface area (Å²) >= 11 is 0. The van der Waals surface area contributed by atoms with E-state index in [9.17, 15) is 9.59 Å². The molecule has 0 radical (unpaired) electrons. The van der Waals surface area contributed by atoms with Crippen LogP contribution in [0.15, 0.2) is 0 Å². The molecule has 2 N–H and O–H groups in total. The molecule has 0 aromatic rings. The molecule has 0 rings (SSSR count). The van der Waals surface area contributed by atoms with Crippen molar-refractivity contribution in [3.8, 4) is 0 Å².